The minimum Gasteiger partial charge on any atom is -0.384 e. The average Bonchev–Trinajstić information content (AvgIpc) is 2.38. The van der Waals surface area contributed by atoms with E-state index in [0.29, 0.717) is 11.7 Å². The number of aromatic nitrogens is 2. The summed E-state index contributed by atoms with van der Waals surface area (Å²) in [5.74, 6) is 2.51. The third kappa shape index (κ3) is 3.47. The molecule has 0 amide bonds. The van der Waals surface area contributed by atoms with Crippen LogP contribution in [0.15, 0.2) is 30.3 Å². The first-order valence-corrected chi connectivity index (χ1v) is 7.09. The molecule has 3 N–H and O–H groups in total. The summed E-state index contributed by atoms with van der Waals surface area (Å²) in [6.45, 7) is 6.46. The van der Waals surface area contributed by atoms with E-state index in [1.807, 2.05) is 6.07 Å². The second-order valence-electron chi connectivity index (χ2n) is 5.21. The van der Waals surface area contributed by atoms with Crippen LogP contribution in [0.3, 0.4) is 0 Å². The molecule has 0 unspecified atom stereocenters. The van der Waals surface area contributed by atoms with E-state index < -0.39 is 0 Å². The maximum absolute atomic E-state index is 5.85. The molecule has 2 aromatic rings. The van der Waals surface area contributed by atoms with E-state index in [1.54, 1.807) is 6.07 Å². The second-order valence-corrected chi connectivity index (χ2v) is 5.21. The van der Waals surface area contributed by atoms with Crippen LogP contribution < -0.4 is 11.1 Å². The van der Waals surface area contributed by atoms with E-state index in [4.69, 9.17) is 5.73 Å². The maximum atomic E-state index is 5.85. The lowest BCUT2D eigenvalue weighted by molar-refractivity contribution is 0.838. The lowest BCUT2D eigenvalue weighted by Gasteiger charge is -2.14. The minimum atomic E-state index is 0.452. The molecule has 4 nitrogen and oxygen atoms in total. The van der Waals surface area contributed by atoms with Gasteiger partial charge in [-0.1, -0.05) is 39.0 Å². The summed E-state index contributed by atoms with van der Waals surface area (Å²) < 4.78 is 0. The molecule has 20 heavy (non-hydrogen) atoms. The van der Waals surface area contributed by atoms with Gasteiger partial charge in [0.2, 0.25) is 0 Å². The lowest BCUT2D eigenvalue weighted by Crippen LogP contribution is -2.05. The van der Waals surface area contributed by atoms with Crippen LogP contribution in [-0.2, 0) is 6.42 Å². The molecule has 0 fully saturated rings. The van der Waals surface area contributed by atoms with Crippen molar-refractivity contribution in [1.82, 2.24) is 9.97 Å². The topological polar surface area (TPSA) is 63.8 Å². The zero-order valence-corrected chi connectivity index (χ0v) is 12.4. The van der Waals surface area contributed by atoms with Crippen LogP contribution >= 0.6 is 0 Å². The van der Waals surface area contributed by atoms with E-state index in [1.165, 1.54) is 5.56 Å². The number of benzene rings is 1. The summed E-state index contributed by atoms with van der Waals surface area (Å²) in [6.07, 6.45) is 1.84. The van der Waals surface area contributed by atoms with Crippen molar-refractivity contribution >= 4 is 17.3 Å². The van der Waals surface area contributed by atoms with Crippen molar-refractivity contribution < 1.29 is 0 Å². The summed E-state index contributed by atoms with van der Waals surface area (Å²) in [5, 5.41) is 3.36. The Labute approximate surface area is 120 Å². The third-order valence-corrected chi connectivity index (χ3v) is 3.11. The van der Waals surface area contributed by atoms with Gasteiger partial charge < -0.3 is 11.1 Å². The van der Waals surface area contributed by atoms with Crippen molar-refractivity contribution in [3.05, 3.63) is 41.7 Å². The summed E-state index contributed by atoms with van der Waals surface area (Å²) >= 11 is 0. The molecule has 0 atom stereocenters. The lowest BCUT2D eigenvalue weighted by atomic mass is 10.0. The molecule has 0 bridgehead atoms. The first-order valence-electron chi connectivity index (χ1n) is 7.09. The van der Waals surface area contributed by atoms with Gasteiger partial charge in [-0.3, -0.25) is 0 Å². The Balaban J connectivity index is 2.30. The van der Waals surface area contributed by atoms with Crippen molar-refractivity contribution in [2.24, 2.45) is 0 Å². The number of rotatable bonds is 5. The number of nitrogens with two attached hydrogens (primary N) is 1. The normalized spacial score (nSPS) is 10.8. The second kappa shape index (κ2) is 6.37. The fraction of sp³-hybridized carbons (Fsp3) is 0.375. The minimum absolute atomic E-state index is 0.452. The molecule has 0 aliphatic carbocycles. The van der Waals surface area contributed by atoms with Crippen LogP contribution in [0.2, 0.25) is 0 Å². The fourth-order valence-electron chi connectivity index (χ4n) is 2.17. The Morgan fingerprint density at radius 2 is 1.95 bits per heavy atom. The number of hydrogen-bond acceptors (Lipinski definition) is 4. The quantitative estimate of drug-likeness (QED) is 0.865. The number of nitrogen functional groups attached to an aromatic ring is 1. The summed E-state index contributed by atoms with van der Waals surface area (Å²) in [5.41, 5.74) is 8.19. The van der Waals surface area contributed by atoms with E-state index in [2.05, 4.69) is 54.3 Å². The number of hydrogen-bond donors (Lipinski definition) is 2. The molecule has 1 aromatic heterocycles. The van der Waals surface area contributed by atoms with Crippen LogP contribution in [0.1, 0.15) is 44.5 Å². The maximum Gasteiger partial charge on any atom is 0.136 e. The molecule has 0 aliphatic rings. The highest BCUT2D eigenvalue weighted by Crippen LogP contribution is 2.26. The largest absolute Gasteiger partial charge is 0.384 e. The molecule has 0 radical (unpaired) electrons. The zero-order valence-electron chi connectivity index (χ0n) is 12.4. The molecule has 1 aromatic carbocycles. The van der Waals surface area contributed by atoms with Gasteiger partial charge in [0.25, 0.3) is 0 Å². The van der Waals surface area contributed by atoms with Crippen molar-refractivity contribution in [3.63, 3.8) is 0 Å². The predicted octanol–water partition coefficient (Wildman–Crippen LogP) is 3.88. The van der Waals surface area contributed by atoms with Gasteiger partial charge in [0.1, 0.15) is 17.5 Å². The SMILES string of the molecule is CCCc1nc(N)cc(Nc2ccccc2C(C)C)n1. The summed E-state index contributed by atoms with van der Waals surface area (Å²) in [4.78, 5) is 8.77. The monoisotopic (exact) mass is 270 g/mol. The van der Waals surface area contributed by atoms with E-state index in [9.17, 15) is 0 Å². The molecule has 0 aliphatic heterocycles. The Morgan fingerprint density at radius 3 is 2.65 bits per heavy atom. The van der Waals surface area contributed by atoms with E-state index >= 15 is 0 Å². The highest BCUT2D eigenvalue weighted by Gasteiger charge is 2.08. The Hall–Kier alpha value is -2.10. The number of para-hydroxylation sites is 1. The first-order chi connectivity index (χ1) is 9.60. The fourth-order valence-corrected chi connectivity index (χ4v) is 2.17. The molecule has 2 rings (SSSR count). The Morgan fingerprint density at radius 1 is 1.20 bits per heavy atom. The number of nitrogens with one attached hydrogen (secondary N) is 1. The molecule has 0 spiro atoms. The molecular formula is C16H22N4. The van der Waals surface area contributed by atoms with Gasteiger partial charge in [-0.15, -0.1) is 0 Å². The van der Waals surface area contributed by atoms with Gasteiger partial charge in [0.05, 0.1) is 0 Å². The van der Waals surface area contributed by atoms with Gasteiger partial charge in [-0.2, -0.15) is 0 Å². The molecule has 0 saturated carbocycles. The van der Waals surface area contributed by atoms with Crippen LogP contribution in [0.5, 0.6) is 0 Å². The standard InChI is InChI=1S/C16H22N4/c1-4-7-15-19-14(17)10-16(20-15)18-13-9-6-5-8-12(13)11(2)3/h5-6,8-11H,4,7H2,1-3H3,(H3,17,18,19,20). The molecule has 0 saturated heterocycles. The molecule has 1 heterocycles. The van der Waals surface area contributed by atoms with Gasteiger partial charge in [-0.05, 0) is 24.0 Å². The number of aryl methyl sites for hydroxylation is 1. The van der Waals surface area contributed by atoms with Crippen LogP contribution in [0.4, 0.5) is 17.3 Å². The zero-order chi connectivity index (χ0) is 14.5. The first kappa shape index (κ1) is 14.3. The summed E-state index contributed by atoms with van der Waals surface area (Å²) in [7, 11) is 0. The van der Waals surface area contributed by atoms with Crippen LogP contribution in [0, 0.1) is 0 Å². The smallest absolute Gasteiger partial charge is 0.136 e. The predicted molar refractivity (Wildman–Crippen MR) is 84.3 cm³/mol. The average molecular weight is 270 g/mol. The van der Waals surface area contributed by atoms with Crippen molar-refractivity contribution in [2.45, 2.75) is 39.5 Å². The number of nitrogens with zero attached hydrogens (tertiary/aromatic N) is 2. The number of anilines is 3. The molecular weight excluding hydrogens is 248 g/mol. The van der Waals surface area contributed by atoms with Gasteiger partial charge in [-0.25, -0.2) is 9.97 Å². The van der Waals surface area contributed by atoms with Gasteiger partial charge >= 0.3 is 0 Å². The van der Waals surface area contributed by atoms with E-state index in [-0.39, 0.29) is 0 Å². The Kier molecular flexibility index (Phi) is 4.56. The van der Waals surface area contributed by atoms with Gasteiger partial charge in [0, 0.05) is 18.2 Å². The molecule has 4 heteroatoms. The summed E-state index contributed by atoms with van der Waals surface area (Å²) in [6, 6.07) is 10.0. The van der Waals surface area contributed by atoms with Crippen LogP contribution in [0.25, 0.3) is 0 Å². The van der Waals surface area contributed by atoms with Crippen molar-refractivity contribution in [3.8, 4) is 0 Å². The Bertz CT molecular complexity index is 578. The van der Waals surface area contributed by atoms with Crippen molar-refractivity contribution in [2.75, 3.05) is 11.1 Å². The highest BCUT2D eigenvalue weighted by atomic mass is 15.1. The third-order valence-electron chi connectivity index (χ3n) is 3.11. The molecule has 106 valence electrons. The van der Waals surface area contributed by atoms with Gasteiger partial charge in [0.15, 0.2) is 0 Å². The highest BCUT2D eigenvalue weighted by molar-refractivity contribution is 5.62. The van der Waals surface area contributed by atoms with E-state index in [0.717, 1.165) is 30.2 Å². The van der Waals surface area contributed by atoms with Crippen LogP contribution in [-0.4, -0.2) is 9.97 Å². The van der Waals surface area contributed by atoms with Crippen molar-refractivity contribution in [1.29, 1.82) is 0 Å².